The molecule has 1 aliphatic carbocycles. The van der Waals surface area contributed by atoms with Crippen LogP contribution in [0.15, 0.2) is 0 Å². The predicted octanol–water partition coefficient (Wildman–Crippen LogP) is 2.15. The van der Waals surface area contributed by atoms with Gasteiger partial charge >= 0.3 is 0 Å². The van der Waals surface area contributed by atoms with E-state index in [1.54, 1.807) is 0 Å². The average Bonchev–Trinajstić information content (AvgIpc) is 1.96. The summed E-state index contributed by atoms with van der Waals surface area (Å²) >= 11 is 0. The molecule has 0 radical (unpaired) electrons. The first-order chi connectivity index (χ1) is 5.54. The molecule has 0 aromatic carbocycles. The molecule has 0 spiro atoms. The van der Waals surface area contributed by atoms with Gasteiger partial charge in [0.2, 0.25) is 0 Å². The SMILES string of the molecule is CCC1(OCNC)CC(C)(C)C1. The van der Waals surface area contributed by atoms with Crippen molar-refractivity contribution in [1.29, 1.82) is 0 Å². The summed E-state index contributed by atoms with van der Waals surface area (Å²) in [5.74, 6) is 0. The maximum Gasteiger partial charge on any atom is 0.0970 e. The summed E-state index contributed by atoms with van der Waals surface area (Å²) in [4.78, 5) is 0. The van der Waals surface area contributed by atoms with Crippen LogP contribution in [0, 0.1) is 5.41 Å². The van der Waals surface area contributed by atoms with Gasteiger partial charge in [-0.2, -0.15) is 0 Å². The van der Waals surface area contributed by atoms with E-state index in [4.69, 9.17) is 4.74 Å². The smallest absolute Gasteiger partial charge is 0.0970 e. The van der Waals surface area contributed by atoms with E-state index >= 15 is 0 Å². The molecule has 0 atom stereocenters. The Morgan fingerprint density at radius 1 is 1.33 bits per heavy atom. The molecule has 1 saturated carbocycles. The Morgan fingerprint density at radius 3 is 2.25 bits per heavy atom. The molecule has 0 aromatic heterocycles. The van der Waals surface area contributed by atoms with Crippen molar-refractivity contribution in [1.82, 2.24) is 5.32 Å². The number of hydrogen-bond donors (Lipinski definition) is 1. The van der Waals surface area contributed by atoms with E-state index < -0.39 is 0 Å². The standard InChI is InChI=1S/C10H21NO/c1-5-10(12-8-11-4)6-9(2,3)7-10/h11H,5-8H2,1-4H3. The van der Waals surface area contributed by atoms with Crippen LogP contribution in [0.3, 0.4) is 0 Å². The van der Waals surface area contributed by atoms with E-state index in [0.29, 0.717) is 12.1 Å². The lowest BCUT2D eigenvalue weighted by Crippen LogP contribution is -2.51. The molecule has 1 rings (SSSR count). The van der Waals surface area contributed by atoms with Crippen LogP contribution in [0.1, 0.15) is 40.0 Å². The van der Waals surface area contributed by atoms with Gasteiger partial charge in [-0.15, -0.1) is 0 Å². The van der Waals surface area contributed by atoms with Gasteiger partial charge in [0.25, 0.3) is 0 Å². The van der Waals surface area contributed by atoms with Crippen LogP contribution in [-0.2, 0) is 4.74 Å². The van der Waals surface area contributed by atoms with Crippen LogP contribution in [0.5, 0.6) is 0 Å². The Kier molecular flexibility index (Phi) is 2.79. The van der Waals surface area contributed by atoms with Crippen molar-refractivity contribution in [3.05, 3.63) is 0 Å². The van der Waals surface area contributed by atoms with Gasteiger partial charge in [-0.25, -0.2) is 0 Å². The Labute approximate surface area is 75.7 Å². The van der Waals surface area contributed by atoms with Gasteiger partial charge in [0.05, 0.1) is 12.3 Å². The van der Waals surface area contributed by atoms with E-state index in [9.17, 15) is 0 Å². The lowest BCUT2D eigenvalue weighted by Gasteiger charge is -2.52. The molecular formula is C10H21NO. The summed E-state index contributed by atoms with van der Waals surface area (Å²) in [5, 5.41) is 3.03. The second-order valence-electron chi connectivity index (χ2n) is 4.70. The second kappa shape index (κ2) is 3.35. The third kappa shape index (κ3) is 1.99. The van der Waals surface area contributed by atoms with Gasteiger partial charge < -0.3 is 4.74 Å². The summed E-state index contributed by atoms with van der Waals surface area (Å²) in [6.07, 6.45) is 3.55. The van der Waals surface area contributed by atoms with E-state index in [1.807, 2.05) is 7.05 Å². The van der Waals surface area contributed by atoms with Crippen molar-refractivity contribution >= 4 is 0 Å². The molecule has 0 saturated heterocycles. The summed E-state index contributed by atoms with van der Waals surface area (Å²) in [6.45, 7) is 7.52. The molecule has 72 valence electrons. The van der Waals surface area contributed by atoms with E-state index in [0.717, 1.165) is 6.42 Å². The molecule has 0 amide bonds. The summed E-state index contributed by atoms with van der Waals surface area (Å²) in [5.41, 5.74) is 0.691. The zero-order valence-electron chi connectivity index (χ0n) is 8.74. The molecule has 2 heteroatoms. The van der Waals surface area contributed by atoms with Gasteiger partial charge in [0.15, 0.2) is 0 Å². The largest absolute Gasteiger partial charge is 0.360 e. The fourth-order valence-corrected chi connectivity index (χ4v) is 2.37. The topological polar surface area (TPSA) is 21.3 Å². The predicted molar refractivity (Wildman–Crippen MR) is 51.0 cm³/mol. The third-order valence-corrected chi connectivity index (χ3v) is 2.77. The molecule has 0 unspecified atom stereocenters. The maximum atomic E-state index is 5.79. The molecule has 0 bridgehead atoms. The summed E-state index contributed by atoms with van der Waals surface area (Å²) in [7, 11) is 1.92. The van der Waals surface area contributed by atoms with Crippen molar-refractivity contribution in [2.75, 3.05) is 13.8 Å². The molecule has 0 aromatic rings. The van der Waals surface area contributed by atoms with Crippen LogP contribution in [0.2, 0.25) is 0 Å². The van der Waals surface area contributed by atoms with Crippen LogP contribution < -0.4 is 5.32 Å². The van der Waals surface area contributed by atoms with Gasteiger partial charge in [-0.05, 0) is 31.7 Å². The van der Waals surface area contributed by atoms with E-state index in [2.05, 4.69) is 26.1 Å². The Hall–Kier alpha value is -0.0800. The monoisotopic (exact) mass is 171 g/mol. The fourth-order valence-electron chi connectivity index (χ4n) is 2.37. The van der Waals surface area contributed by atoms with Crippen LogP contribution >= 0.6 is 0 Å². The molecule has 1 aliphatic rings. The zero-order valence-corrected chi connectivity index (χ0v) is 8.74. The number of nitrogens with one attached hydrogen (secondary N) is 1. The number of ether oxygens (including phenoxy) is 1. The highest BCUT2D eigenvalue weighted by Crippen LogP contribution is 2.51. The lowest BCUT2D eigenvalue weighted by molar-refractivity contribution is -0.163. The maximum absolute atomic E-state index is 5.79. The van der Waals surface area contributed by atoms with Crippen LogP contribution in [-0.4, -0.2) is 19.4 Å². The van der Waals surface area contributed by atoms with Crippen LogP contribution in [0.4, 0.5) is 0 Å². The van der Waals surface area contributed by atoms with Gasteiger partial charge in [0, 0.05) is 0 Å². The lowest BCUT2D eigenvalue weighted by atomic mass is 9.60. The molecular weight excluding hydrogens is 150 g/mol. The molecule has 0 heterocycles. The molecule has 0 aliphatic heterocycles. The highest BCUT2D eigenvalue weighted by molar-refractivity contribution is 5.00. The average molecular weight is 171 g/mol. The van der Waals surface area contributed by atoms with Gasteiger partial charge in [-0.3, -0.25) is 5.32 Å². The van der Waals surface area contributed by atoms with Crippen molar-refractivity contribution in [2.24, 2.45) is 5.41 Å². The minimum absolute atomic E-state index is 0.187. The highest BCUT2D eigenvalue weighted by atomic mass is 16.5. The van der Waals surface area contributed by atoms with Crippen molar-refractivity contribution < 1.29 is 4.74 Å². The highest BCUT2D eigenvalue weighted by Gasteiger charge is 2.48. The third-order valence-electron chi connectivity index (χ3n) is 2.77. The van der Waals surface area contributed by atoms with Crippen LogP contribution in [0.25, 0.3) is 0 Å². The molecule has 12 heavy (non-hydrogen) atoms. The zero-order chi connectivity index (χ0) is 9.24. The molecule has 2 nitrogen and oxygen atoms in total. The first-order valence-corrected chi connectivity index (χ1v) is 4.82. The van der Waals surface area contributed by atoms with E-state index in [-0.39, 0.29) is 5.60 Å². The van der Waals surface area contributed by atoms with Crippen molar-refractivity contribution in [2.45, 2.75) is 45.6 Å². The molecule has 1 N–H and O–H groups in total. The van der Waals surface area contributed by atoms with Crippen molar-refractivity contribution in [3.8, 4) is 0 Å². The first-order valence-electron chi connectivity index (χ1n) is 4.82. The normalized spacial score (nSPS) is 25.0. The van der Waals surface area contributed by atoms with Crippen molar-refractivity contribution in [3.63, 3.8) is 0 Å². The second-order valence-corrected chi connectivity index (χ2v) is 4.70. The first kappa shape index (κ1) is 10.0. The Bertz CT molecular complexity index is 146. The van der Waals surface area contributed by atoms with E-state index in [1.165, 1.54) is 12.8 Å². The minimum atomic E-state index is 0.187. The van der Waals surface area contributed by atoms with Gasteiger partial charge in [-0.1, -0.05) is 20.8 Å². The summed E-state index contributed by atoms with van der Waals surface area (Å²) < 4.78 is 5.79. The molecule has 1 fully saturated rings. The fraction of sp³-hybridized carbons (Fsp3) is 1.00. The van der Waals surface area contributed by atoms with Gasteiger partial charge in [0.1, 0.15) is 0 Å². The minimum Gasteiger partial charge on any atom is -0.360 e. The number of hydrogen-bond acceptors (Lipinski definition) is 2. The quantitative estimate of drug-likeness (QED) is 0.654. The number of rotatable bonds is 4. The summed E-state index contributed by atoms with van der Waals surface area (Å²) in [6, 6.07) is 0. The Morgan fingerprint density at radius 2 is 1.92 bits per heavy atom. The Balaban J connectivity index is 2.36.